The molecule has 1 saturated carbocycles. The van der Waals surface area contributed by atoms with E-state index in [4.69, 9.17) is 0 Å². The predicted molar refractivity (Wildman–Crippen MR) is 125 cm³/mol. The van der Waals surface area contributed by atoms with Crippen LogP contribution in [0, 0.1) is 30.4 Å². The quantitative estimate of drug-likeness (QED) is 0.559. The van der Waals surface area contributed by atoms with Crippen molar-refractivity contribution < 1.29 is 22.9 Å². The molecule has 1 aliphatic carbocycles. The van der Waals surface area contributed by atoms with E-state index in [9.17, 15) is 22.9 Å². The van der Waals surface area contributed by atoms with Crippen molar-refractivity contribution in [3.63, 3.8) is 0 Å². The molecule has 1 saturated heterocycles. The number of nitrogens with zero attached hydrogens (tertiary/aromatic N) is 2. The van der Waals surface area contributed by atoms with Crippen LogP contribution in [-0.2, 0) is 21.0 Å². The Hall–Kier alpha value is -2.71. The van der Waals surface area contributed by atoms with Crippen molar-refractivity contribution in [3.8, 4) is 0 Å². The monoisotopic (exact) mass is 472 g/mol. The zero-order valence-electron chi connectivity index (χ0n) is 18.3. The van der Waals surface area contributed by atoms with Crippen LogP contribution in [0.4, 0.5) is 8.78 Å². The van der Waals surface area contributed by atoms with Gasteiger partial charge in [-0.15, -0.1) is 0 Å². The Labute approximate surface area is 191 Å². The molecule has 0 amide bonds. The molecule has 33 heavy (non-hydrogen) atoms. The molecule has 0 spiro atoms. The third-order valence-corrected chi connectivity index (χ3v) is 9.49. The minimum atomic E-state index is -2.69. The van der Waals surface area contributed by atoms with E-state index in [0.717, 1.165) is 35.0 Å². The fourth-order valence-electron chi connectivity index (χ4n) is 5.86. The third kappa shape index (κ3) is 3.75. The number of carbonyl (C=O) groups is 1. The van der Waals surface area contributed by atoms with E-state index in [1.165, 1.54) is 36.4 Å². The fraction of sp³-hybridized carbons (Fsp3) is 0.360. The van der Waals surface area contributed by atoms with Gasteiger partial charge in [0.15, 0.2) is 0 Å². The van der Waals surface area contributed by atoms with Gasteiger partial charge >= 0.3 is 5.97 Å². The lowest BCUT2D eigenvalue weighted by Crippen LogP contribution is -2.29. The third-order valence-electron chi connectivity index (χ3n) is 7.35. The topological polar surface area (TPSA) is 62.5 Å². The molecule has 5 nitrogen and oxygen atoms in total. The van der Waals surface area contributed by atoms with E-state index >= 15 is 0 Å². The van der Waals surface area contributed by atoms with Gasteiger partial charge in [-0.25, -0.2) is 17.3 Å². The zero-order chi connectivity index (χ0) is 23.5. The Bertz CT molecular complexity index is 1330. The molecule has 8 heteroatoms. The summed E-state index contributed by atoms with van der Waals surface area (Å²) in [7, 11) is -2.69. The van der Waals surface area contributed by atoms with Gasteiger partial charge < -0.3 is 9.67 Å². The van der Waals surface area contributed by atoms with E-state index in [1.54, 1.807) is 10.6 Å². The number of benzene rings is 2. The molecule has 1 N–H and O–H groups in total. The Morgan fingerprint density at radius 2 is 1.70 bits per heavy atom. The lowest BCUT2D eigenvalue weighted by atomic mass is 9.93. The smallest absolute Gasteiger partial charge is 0.323 e. The van der Waals surface area contributed by atoms with Crippen LogP contribution in [0.2, 0.25) is 0 Å². The number of carboxylic acids is 1. The molecule has 2 aromatic carbocycles. The Balaban J connectivity index is 1.41. The Morgan fingerprint density at radius 3 is 2.30 bits per heavy atom. The van der Waals surface area contributed by atoms with Gasteiger partial charge in [0.05, 0.1) is 9.71 Å². The summed E-state index contributed by atoms with van der Waals surface area (Å²) in [6, 6.07) is 10.2. The molecule has 0 bridgehead atoms. The average Bonchev–Trinajstić information content (AvgIpc) is 3.39. The van der Waals surface area contributed by atoms with Crippen LogP contribution in [0.3, 0.4) is 0 Å². The second kappa shape index (κ2) is 7.95. The van der Waals surface area contributed by atoms with Gasteiger partial charge in [0.2, 0.25) is 0 Å². The van der Waals surface area contributed by atoms with Crippen LogP contribution in [0.15, 0.2) is 47.4 Å². The number of carboxylic acid groups (broad SMARTS) is 1. The summed E-state index contributed by atoms with van der Waals surface area (Å²) < 4.78 is 44.5. The first-order chi connectivity index (χ1) is 15.6. The maximum absolute atomic E-state index is 14.1. The molecule has 5 rings (SSSR count). The Kier molecular flexibility index (Phi) is 5.33. The van der Waals surface area contributed by atoms with E-state index in [-0.39, 0.29) is 24.1 Å². The molecular weight excluding hydrogens is 446 g/mol. The normalized spacial score (nSPS) is 24.8. The van der Waals surface area contributed by atoms with Crippen LogP contribution < -0.4 is 0 Å². The van der Waals surface area contributed by atoms with Crippen LogP contribution >= 0.6 is 0 Å². The molecule has 3 aromatic rings. The first-order valence-corrected chi connectivity index (χ1v) is 12.7. The summed E-state index contributed by atoms with van der Waals surface area (Å²) >= 11 is 0. The van der Waals surface area contributed by atoms with Gasteiger partial charge in [0.1, 0.15) is 18.2 Å². The molecular formula is C25H26F2N2O3S. The highest BCUT2D eigenvalue weighted by Crippen LogP contribution is 2.50. The first-order valence-electron chi connectivity index (χ1n) is 11.0. The summed E-state index contributed by atoms with van der Waals surface area (Å²) in [6.07, 6.45) is 1.73. The average molecular weight is 473 g/mol. The fourth-order valence-corrected chi connectivity index (χ4v) is 7.59. The zero-order valence-corrected chi connectivity index (χ0v) is 19.2. The largest absolute Gasteiger partial charge is 0.480 e. The second-order valence-corrected chi connectivity index (χ2v) is 11.5. The second-order valence-electron chi connectivity index (χ2n) is 9.27. The summed E-state index contributed by atoms with van der Waals surface area (Å²) in [4.78, 5) is 12.0. The van der Waals surface area contributed by atoms with E-state index in [0.29, 0.717) is 29.8 Å². The predicted octanol–water partition coefficient (Wildman–Crippen LogP) is 4.43. The Morgan fingerprint density at radius 1 is 1.09 bits per heavy atom. The summed E-state index contributed by atoms with van der Waals surface area (Å²) in [6.45, 7) is 3.03. The highest BCUT2D eigenvalue weighted by atomic mass is 32.2. The van der Waals surface area contributed by atoms with Gasteiger partial charge in [-0.05, 0) is 91.4 Å². The van der Waals surface area contributed by atoms with E-state index in [1.807, 2.05) is 11.2 Å². The van der Waals surface area contributed by atoms with Crippen molar-refractivity contribution in [2.24, 2.45) is 11.8 Å². The number of hydrogen-bond acceptors (Lipinski definition) is 2. The number of hydrogen-bond donors (Lipinski definition) is 1. The minimum Gasteiger partial charge on any atom is -0.480 e. The van der Waals surface area contributed by atoms with Crippen LogP contribution in [-0.4, -0.2) is 43.1 Å². The number of fused-ring (bicyclic) bond motifs is 2. The van der Waals surface area contributed by atoms with Crippen LogP contribution in [0.25, 0.3) is 10.9 Å². The molecule has 2 heterocycles. The summed E-state index contributed by atoms with van der Waals surface area (Å²) in [5, 5.41) is 10.2. The van der Waals surface area contributed by atoms with Crippen molar-refractivity contribution in [1.29, 1.82) is 0 Å². The molecule has 1 aliphatic heterocycles. The minimum absolute atomic E-state index is 0.164. The number of aromatic nitrogens is 1. The van der Waals surface area contributed by atoms with E-state index in [2.05, 4.69) is 5.87 Å². The SMILES string of the molecule is C=S(=O)(c1ccc(F)cc1)N1CC2CC(c3c(C)n(CC(=O)O)c4ccc(F)cc34)CC2C1. The van der Waals surface area contributed by atoms with Crippen molar-refractivity contribution in [3.05, 3.63) is 65.4 Å². The van der Waals surface area contributed by atoms with Gasteiger partial charge in [0.25, 0.3) is 0 Å². The molecule has 174 valence electrons. The van der Waals surface area contributed by atoms with Gasteiger partial charge in [0, 0.05) is 34.6 Å². The maximum atomic E-state index is 14.1. The molecule has 3 atom stereocenters. The van der Waals surface area contributed by atoms with Crippen LogP contribution in [0.5, 0.6) is 0 Å². The lowest BCUT2D eigenvalue weighted by Gasteiger charge is -2.23. The van der Waals surface area contributed by atoms with Crippen molar-refractivity contribution in [1.82, 2.24) is 8.87 Å². The summed E-state index contributed by atoms with van der Waals surface area (Å²) in [5.74, 6) is 3.17. The maximum Gasteiger partial charge on any atom is 0.323 e. The molecule has 3 unspecified atom stereocenters. The number of aliphatic carboxylic acids is 1. The molecule has 2 fully saturated rings. The van der Waals surface area contributed by atoms with Crippen LogP contribution in [0.1, 0.15) is 30.0 Å². The summed E-state index contributed by atoms with van der Waals surface area (Å²) in [5.41, 5.74) is 2.63. The molecule has 2 aliphatic rings. The number of halogens is 2. The molecule has 0 radical (unpaired) electrons. The highest BCUT2D eigenvalue weighted by Gasteiger charge is 2.44. The van der Waals surface area contributed by atoms with Crippen molar-refractivity contribution >= 4 is 32.5 Å². The van der Waals surface area contributed by atoms with Crippen molar-refractivity contribution in [2.75, 3.05) is 13.1 Å². The van der Waals surface area contributed by atoms with Gasteiger partial charge in [-0.1, -0.05) is 0 Å². The molecule has 1 aromatic heterocycles. The first kappa shape index (κ1) is 22.1. The van der Waals surface area contributed by atoms with Gasteiger partial charge in [-0.2, -0.15) is 0 Å². The van der Waals surface area contributed by atoms with E-state index < -0.39 is 15.7 Å². The highest BCUT2D eigenvalue weighted by molar-refractivity contribution is 7.98. The number of rotatable bonds is 5. The standard InChI is InChI=1S/C25H26F2N2O3S/c1-15-25(22-11-20(27)5-8-23(22)29(15)14-24(30)31)16-9-17-12-28(13-18(17)10-16)33(2,32)21-6-3-19(26)4-7-21/h3-8,11,16-18H,2,9-10,12-14H2,1H3,(H,30,31). The lowest BCUT2D eigenvalue weighted by molar-refractivity contribution is -0.137. The van der Waals surface area contributed by atoms with Gasteiger partial charge in [-0.3, -0.25) is 4.79 Å². The van der Waals surface area contributed by atoms with Crippen molar-refractivity contribution in [2.45, 2.75) is 37.1 Å².